The van der Waals surface area contributed by atoms with E-state index in [1.807, 2.05) is 24.3 Å². The van der Waals surface area contributed by atoms with Crippen LogP contribution in [0.3, 0.4) is 0 Å². The van der Waals surface area contributed by atoms with Gasteiger partial charge in [0.2, 0.25) is 0 Å². The Labute approximate surface area is 163 Å². The minimum atomic E-state index is -0.483. The minimum Gasteiger partial charge on any atom is -0.493 e. The van der Waals surface area contributed by atoms with E-state index < -0.39 is 5.97 Å². The third-order valence-electron chi connectivity index (χ3n) is 4.20. The van der Waals surface area contributed by atoms with Gasteiger partial charge in [0.1, 0.15) is 0 Å². The third-order valence-corrected chi connectivity index (χ3v) is 5.17. The number of methoxy groups -OCH3 is 2. The first-order valence-corrected chi connectivity index (χ1v) is 9.21. The zero-order valence-corrected chi connectivity index (χ0v) is 16.0. The lowest BCUT2D eigenvalue weighted by Crippen LogP contribution is -2.22. The summed E-state index contributed by atoms with van der Waals surface area (Å²) in [6, 6.07) is 12.8. The molecule has 0 atom stereocenters. The predicted octanol–water partition coefficient (Wildman–Crippen LogP) is 2.02. The molecule has 0 aliphatic carbocycles. The fourth-order valence-electron chi connectivity index (χ4n) is 2.85. The smallest absolute Gasteiger partial charge is 0.343 e. The molecule has 0 N–H and O–H groups in total. The van der Waals surface area contributed by atoms with E-state index in [-0.39, 0.29) is 12.2 Å². The molecule has 142 valence electrons. The third kappa shape index (κ3) is 3.18. The van der Waals surface area contributed by atoms with Crippen molar-refractivity contribution < 1.29 is 19.0 Å². The maximum atomic E-state index is 12.8. The quantitative estimate of drug-likeness (QED) is 0.480. The highest BCUT2D eigenvalue weighted by Crippen LogP contribution is 2.28. The average molecular weight is 396 g/mol. The van der Waals surface area contributed by atoms with Crippen molar-refractivity contribution in [3.05, 3.63) is 62.9 Å². The van der Waals surface area contributed by atoms with Crippen LogP contribution in [0.1, 0.15) is 5.56 Å². The molecule has 0 amide bonds. The van der Waals surface area contributed by atoms with Crippen LogP contribution in [0, 0.1) is 0 Å². The van der Waals surface area contributed by atoms with Crippen molar-refractivity contribution in [1.29, 1.82) is 0 Å². The van der Waals surface area contributed by atoms with Gasteiger partial charge in [-0.2, -0.15) is 0 Å². The van der Waals surface area contributed by atoms with Gasteiger partial charge < -0.3 is 14.2 Å². The highest BCUT2D eigenvalue weighted by atomic mass is 32.1. The number of rotatable bonds is 5. The zero-order valence-electron chi connectivity index (χ0n) is 15.2. The molecule has 0 saturated heterocycles. The molecule has 0 saturated carbocycles. The Balaban J connectivity index is 1.73. The molecule has 0 radical (unpaired) electrons. The molecule has 0 aliphatic heterocycles. The van der Waals surface area contributed by atoms with Crippen LogP contribution in [0.4, 0.5) is 0 Å². The molecule has 0 unspecified atom stereocenters. The maximum Gasteiger partial charge on any atom is 0.343 e. The standard InChI is InChI=1S/C20H16N2O5S/c1-25-16-9-12(7-8-15(16)27-11-18(23)26-2)10-17-19(24)22-14-6-4-3-5-13(14)21-20(22)28-17/h3-10H,11H2,1-2H3/b17-10-. The Morgan fingerprint density at radius 2 is 2.00 bits per heavy atom. The number of hydrogen-bond donors (Lipinski definition) is 0. The Morgan fingerprint density at radius 3 is 2.79 bits per heavy atom. The summed E-state index contributed by atoms with van der Waals surface area (Å²) in [6.45, 7) is -0.212. The van der Waals surface area contributed by atoms with Crippen molar-refractivity contribution in [2.45, 2.75) is 0 Å². The van der Waals surface area contributed by atoms with Gasteiger partial charge in [-0.15, -0.1) is 0 Å². The van der Waals surface area contributed by atoms with Crippen molar-refractivity contribution in [3.63, 3.8) is 0 Å². The van der Waals surface area contributed by atoms with Gasteiger partial charge in [0.15, 0.2) is 23.1 Å². The number of nitrogens with zero attached hydrogens (tertiary/aromatic N) is 2. The molecule has 0 bridgehead atoms. The summed E-state index contributed by atoms with van der Waals surface area (Å²) in [5, 5.41) is 0. The zero-order chi connectivity index (χ0) is 19.7. The lowest BCUT2D eigenvalue weighted by Gasteiger charge is -2.10. The monoisotopic (exact) mass is 396 g/mol. The van der Waals surface area contributed by atoms with E-state index in [0.29, 0.717) is 21.0 Å². The molecule has 2 heterocycles. The van der Waals surface area contributed by atoms with E-state index >= 15 is 0 Å². The first-order valence-electron chi connectivity index (χ1n) is 8.40. The second-order valence-corrected chi connectivity index (χ2v) is 6.92. The Kier molecular flexibility index (Phi) is 4.70. The van der Waals surface area contributed by atoms with E-state index in [1.165, 1.54) is 25.6 Å². The van der Waals surface area contributed by atoms with Crippen LogP contribution in [-0.2, 0) is 9.53 Å². The number of para-hydroxylation sites is 2. The Hall–Kier alpha value is -3.39. The maximum absolute atomic E-state index is 12.8. The predicted molar refractivity (Wildman–Crippen MR) is 106 cm³/mol. The van der Waals surface area contributed by atoms with Crippen molar-refractivity contribution in [3.8, 4) is 11.5 Å². The number of hydrogen-bond acceptors (Lipinski definition) is 7. The highest BCUT2D eigenvalue weighted by Gasteiger charge is 2.12. The van der Waals surface area contributed by atoms with Crippen LogP contribution < -0.4 is 19.6 Å². The van der Waals surface area contributed by atoms with Crippen molar-refractivity contribution in [2.75, 3.05) is 20.8 Å². The summed E-state index contributed by atoms with van der Waals surface area (Å²) in [7, 11) is 2.80. The van der Waals surface area contributed by atoms with Gasteiger partial charge >= 0.3 is 5.97 Å². The van der Waals surface area contributed by atoms with Gasteiger partial charge in [0.25, 0.3) is 5.56 Å². The van der Waals surface area contributed by atoms with Crippen LogP contribution in [-0.4, -0.2) is 36.2 Å². The Morgan fingerprint density at radius 1 is 1.18 bits per heavy atom. The second-order valence-electron chi connectivity index (χ2n) is 5.91. The van der Waals surface area contributed by atoms with Gasteiger partial charge in [0.05, 0.1) is 29.8 Å². The van der Waals surface area contributed by atoms with Crippen LogP contribution in [0.15, 0.2) is 47.3 Å². The van der Waals surface area contributed by atoms with Gasteiger partial charge in [-0.3, -0.25) is 4.79 Å². The summed E-state index contributed by atoms with van der Waals surface area (Å²) >= 11 is 1.33. The normalized spacial score (nSPS) is 11.9. The summed E-state index contributed by atoms with van der Waals surface area (Å²) in [6.07, 6.45) is 1.78. The molecule has 2 aromatic carbocycles. The summed E-state index contributed by atoms with van der Waals surface area (Å²) in [4.78, 5) is 29.2. The average Bonchev–Trinajstić information content (AvgIpc) is 3.22. The number of carbonyl (C=O) groups is 1. The van der Waals surface area contributed by atoms with Crippen LogP contribution >= 0.6 is 11.3 Å². The molecule has 0 spiro atoms. The topological polar surface area (TPSA) is 79.1 Å². The molecular formula is C20H16N2O5S. The van der Waals surface area contributed by atoms with Crippen LogP contribution in [0.25, 0.3) is 22.1 Å². The largest absolute Gasteiger partial charge is 0.493 e. The number of fused-ring (bicyclic) bond motifs is 3. The van der Waals surface area contributed by atoms with Crippen LogP contribution in [0.2, 0.25) is 0 Å². The number of benzene rings is 2. The second kappa shape index (κ2) is 7.32. The minimum absolute atomic E-state index is 0.112. The lowest BCUT2D eigenvalue weighted by molar-refractivity contribution is -0.142. The fourth-order valence-corrected chi connectivity index (χ4v) is 3.84. The SMILES string of the molecule is COC(=O)COc1ccc(/C=c2\sc3nc4ccccc4n3c2=O)cc1OC. The number of ether oxygens (including phenoxy) is 3. The molecule has 28 heavy (non-hydrogen) atoms. The van der Waals surface area contributed by atoms with Gasteiger partial charge in [-0.25, -0.2) is 14.2 Å². The Bertz CT molecular complexity index is 1290. The van der Waals surface area contributed by atoms with Crippen molar-refractivity contribution in [2.24, 2.45) is 0 Å². The number of esters is 1. The van der Waals surface area contributed by atoms with Gasteiger partial charge in [-0.1, -0.05) is 29.5 Å². The highest BCUT2D eigenvalue weighted by molar-refractivity contribution is 7.15. The van der Waals surface area contributed by atoms with Gasteiger partial charge in [-0.05, 0) is 35.9 Å². The summed E-state index contributed by atoms with van der Waals surface area (Å²) < 4.78 is 17.5. The molecule has 4 rings (SSSR count). The number of carbonyl (C=O) groups excluding carboxylic acids is 1. The number of aromatic nitrogens is 2. The van der Waals surface area contributed by atoms with Gasteiger partial charge in [0, 0.05) is 0 Å². The molecule has 2 aromatic heterocycles. The number of imidazole rings is 1. The van der Waals surface area contributed by atoms with E-state index in [2.05, 4.69) is 9.72 Å². The van der Waals surface area contributed by atoms with E-state index in [9.17, 15) is 9.59 Å². The molecule has 8 heteroatoms. The summed E-state index contributed by atoms with van der Waals surface area (Å²) in [5.74, 6) is 0.388. The summed E-state index contributed by atoms with van der Waals surface area (Å²) in [5.41, 5.74) is 2.25. The first-order chi connectivity index (χ1) is 13.6. The molecule has 7 nitrogen and oxygen atoms in total. The molecule has 0 aliphatic rings. The fraction of sp³-hybridized carbons (Fsp3) is 0.150. The van der Waals surface area contributed by atoms with Crippen LogP contribution in [0.5, 0.6) is 11.5 Å². The molecular weight excluding hydrogens is 380 g/mol. The number of thiazole rings is 1. The van der Waals surface area contributed by atoms with E-state index in [0.717, 1.165) is 16.6 Å². The first kappa shape index (κ1) is 18.0. The molecule has 0 fully saturated rings. The molecule has 4 aromatic rings. The van der Waals surface area contributed by atoms with Crippen molar-refractivity contribution in [1.82, 2.24) is 9.38 Å². The lowest BCUT2D eigenvalue weighted by atomic mass is 10.2. The van der Waals surface area contributed by atoms with E-state index in [4.69, 9.17) is 9.47 Å². The van der Waals surface area contributed by atoms with Crippen molar-refractivity contribution >= 4 is 39.4 Å². The van der Waals surface area contributed by atoms with E-state index in [1.54, 1.807) is 28.7 Å².